The van der Waals surface area contributed by atoms with E-state index in [2.05, 4.69) is 46.0 Å². The van der Waals surface area contributed by atoms with Crippen LogP contribution in [0.25, 0.3) is 0 Å². The highest BCUT2D eigenvalue weighted by molar-refractivity contribution is 6.03. The van der Waals surface area contributed by atoms with Crippen LogP contribution in [-0.2, 0) is 6.54 Å². The second kappa shape index (κ2) is 7.78. The fourth-order valence-corrected chi connectivity index (χ4v) is 2.70. The van der Waals surface area contributed by atoms with Gasteiger partial charge < -0.3 is 10.6 Å². The molecule has 2 aromatic carbocycles. The first-order chi connectivity index (χ1) is 12.5. The van der Waals surface area contributed by atoms with Crippen LogP contribution in [0.4, 0.5) is 11.5 Å². The highest BCUT2D eigenvalue weighted by Crippen LogP contribution is 2.17. The first-order valence-electron chi connectivity index (χ1n) is 8.53. The Kier molecular flexibility index (Phi) is 5.27. The summed E-state index contributed by atoms with van der Waals surface area (Å²) in [6, 6.07) is 17.6. The zero-order chi connectivity index (χ0) is 18.5. The maximum Gasteiger partial charge on any atom is 0.276 e. The summed E-state index contributed by atoms with van der Waals surface area (Å²) in [6.07, 6.45) is 0. The number of carbonyl (C=O) groups is 1. The fraction of sp³-hybridized carbons (Fsp3) is 0.190. The molecule has 5 nitrogen and oxygen atoms in total. The van der Waals surface area contributed by atoms with E-state index in [0.29, 0.717) is 12.4 Å². The average Bonchev–Trinajstić information content (AvgIpc) is 2.63. The van der Waals surface area contributed by atoms with Gasteiger partial charge in [0.15, 0.2) is 5.69 Å². The van der Waals surface area contributed by atoms with Crippen LogP contribution < -0.4 is 10.6 Å². The van der Waals surface area contributed by atoms with Crippen molar-refractivity contribution in [3.05, 3.63) is 82.5 Å². The molecule has 5 heteroatoms. The van der Waals surface area contributed by atoms with Crippen molar-refractivity contribution in [1.82, 2.24) is 10.2 Å². The Labute approximate surface area is 153 Å². The Morgan fingerprint density at radius 2 is 1.73 bits per heavy atom. The number of carbonyl (C=O) groups excluding carboxylic acids is 1. The Bertz CT molecular complexity index is 920. The van der Waals surface area contributed by atoms with Gasteiger partial charge in [0.25, 0.3) is 5.91 Å². The predicted octanol–water partition coefficient (Wildman–Crippen LogP) is 4.27. The van der Waals surface area contributed by atoms with Crippen molar-refractivity contribution in [2.24, 2.45) is 0 Å². The van der Waals surface area contributed by atoms with Crippen molar-refractivity contribution in [2.75, 3.05) is 10.6 Å². The smallest absolute Gasteiger partial charge is 0.276 e. The average molecular weight is 346 g/mol. The monoisotopic (exact) mass is 346 g/mol. The molecule has 0 fully saturated rings. The second-order valence-corrected chi connectivity index (χ2v) is 6.42. The predicted molar refractivity (Wildman–Crippen MR) is 104 cm³/mol. The van der Waals surface area contributed by atoms with E-state index in [4.69, 9.17) is 0 Å². The van der Waals surface area contributed by atoms with E-state index in [0.717, 1.165) is 16.8 Å². The third-order valence-corrected chi connectivity index (χ3v) is 4.08. The Morgan fingerprint density at radius 3 is 2.42 bits per heavy atom. The summed E-state index contributed by atoms with van der Waals surface area (Å²) in [7, 11) is 0. The first kappa shape index (κ1) is 17.6. The minimum absolute atomic E-state index is 0.269. The quantitative estimate of drug-likeness (QED) is 0.724. The van der Waals surface area contributed by atoms with Gasteiger partial charge in [0.2, 0.25) is 0 Å². The molecular weight excluding hydrogens is 324 g/mol. The lowest BCUT2D eigenvalue weighted by Crippen LogP contribution is -2.15. The van der Waals surface area contributed by atoms with Crippen molar-refractivity contribution in [2.45, 2.75) is 27.3 Å². The number of amides is 1. The molecule has 0 radical (unpaired) electrons. The zero-order valence-electron chi connectivity index (χ0n) is 15.2. The van der Waals surface area contributed by atoms with E-state index in [-0.39, 0.29) is 11.6 Å². The van der Waals surface area contributed by atoms with Crippen LogP contribution in [0.2, 0.25) is 0 Å². The fourth-order valence-electron chi connectivity index (χ4n) is 2.70. The molecule has 1 amide bonds. The molecule has 0 saturated heterocycles. The lowest BCUT2D eigenvalue weighted by molar-refractivity contribution is 0.102. The Morgan fingerprint density at radius 1 is 0.923 bits per heavy atom. The molecule has 0 atom stereocenters. The highest BCUT2D eigenvalue weighted by atomic mass is 16.1. The molecule has 1 aromatic heterocycles. The highest BCUT2D eigenvalue weighted by Gasteiger charge is 2.10. The normalized spacial score (nSPS) is 10.4. The Balaban J connectivity index is 1.62. The third-order valence-electron chi connectivity index (χ3n) is 4.08. The van der Waals surface area contributed by atoms with Crippen LogP contribution in [0.1, 0.15) is 32.7 Å². The maximum atomic E-state index is 12.3. The SMILES string of the molecule is Cc1cccc(CNc2ccc(C(=O)Nc3ccc(C)cc3C)nn2)c1. The van der Waals surface area contributed by atoms with E-state index in [1.54, 1.807) is 12.1 Å². The van der Waals surface area contributed by atoms with Crippen molar-refractivity contribution < 1.29 is 4.79 Å². The van der Waals surface area contributed by atoms with Crippen LogP contribution in [0.15, 0.2) is 54.6 Å². The molecular formula is C21H22N4O. The minimum atomic E-state index is -0.269. The topological polar surface area (TPSA) is 66.9 Å². The van der Waals surface area contributed by atoms with Gasteiger partial charge in [0.05, 0.1) is 0 Å². The molecule has 0 saturated carbocycles. The lowest BCUT2D eigenvalue weighted by Gasteiger charge is -2.09. The summed E-state index contributed by atoms with van der Waals surface area (Å²) in [5.74, 6) is 0.365. The largest absolute Gasteiger partial charge is 0.365 e. The van der Waals surface area contributed by atoms with Gasteiger partial charge in [-0.25, -0.2) is 0 Å². The van der Waals surface area contributed by atoms with Crippen LogP contribution in [0.3, 0.4) is 0 Å². The van der Waals surface area contributed by atoms with Gasteiger partial charge in [-0.05, 0) is 50.1 Å². The number of aromatic nitrogens is 2. The van der Waals surface area contributed by atoms with E-state index < -0.39 is 0 Å². The van der Waals surface area contributed by atoms with Gasteiger partial charge >= 0.3 is 0 Å². The number of hydrogen-bond donors (Lipinski definition) is 2. The van der Waals surface area contributed by atoms with E-state index >= 15 is 0 Å². The summed E-state index contributed by atoms with van der Waals surface area (Å²) in [5, 5.41) is 14.2. The molecule has 3 rings (SSSR count). The summed E-state index contributed by atoms with van der Waals surface area (Å²) in [5.41, 5.74) is 5.62. The van der Waals surface area contributed by atoms with Crippen molar-refractivity contribution in [3.63, 3.8) is 0 Å². The number of nitrogens with zero attached hydrogens (tertiary/aromatic N) is 2. The van der Waals surface area contributed by atoms with E-state index in [9.17, 15) is 4.79 Å². The number of aryl methyl sites for hydroxylation is 3. The molecule has 26 heavy (non-hydrogen) atoms. The second-order valence-electron chi connectivity index (χ2n) is 6.42. The van der Waals surface area contributed by atoms with Gasteiger partial charge in [-0.3, -0.25) is 4.79 Å². The lowest BCUT2D eigenvalue weighted by atomic mass is 10.1. The Hall–Kier alpha value is -3.21. The van der Waals surface area contributed by atoms with Crippen LogP contribution >= 0.6 is 0 Å². The van der Waals surface area contributed by atoms with Crippen LogP contribution in [-0.4, -0.2) is 16.1 Å². The molecule has 0 aliphatic rings. The standard InChI is InChI=1S/C21H22N4O/c1-14-5-4-6-17(12-14)13-22-20-10-9-19(24-25-20)21(26)23-18-8-7-15(2)11-16(18)3/h4-12H,13H2,1-3H3,(H,22,25)(H,23,26). The van der Waals surface area contributed by atoms with Gasteiger partial charge in [0.1, 0.15) is 5.82 Å². The number of rotatable bonds is 5. The molecule has 132 valence electrons. The number of hydrogen-bond acceptors (Lipinski definition) is 4. The summed E-state index contributed by atoms with van der Waals surface area (Å²) < 4.78 is 0. The summed E-state index contributed by atoms with van der Waals surface area (Å²) >= 11 is 0. The van der Waals surface area contributed by atoms with Gasteiger partial charge in [0, 0.05) is 12.2 Å². The number of nitrogens with one attached hydrogen (secondary N) is 2. The first-order valence-corrected chi connectivity index (χ1v) is 8.53. The van der Waals surface area contributed by atoms with Gasteiger partial charge in [-0.1, -0.05) is 47.5 Å². The van der Waals surface area contributed by atoms with Crippen molar-refractivity contribution in [1.29, 1.82) is 0 Å². The third kappa shape index (κ3) is 4.45. The minimum Gasteiger partial charge on any atom is -0.365 e. The molecule has 1 heterocycles. The van der Waals surface area contributed by atoms with Crippen molar-refractivity contribution in [3.8, 4) is 0 Å². The molecule has 3 aromatic rings. The van der Waals surface area contributed by atoms with E-state index in [1.807, 2.05) is 38.1 Å². The maximum absolute atomic E-state index is 12.3. The number of benzene rings is 2. The molecule has 0 aliphatic heterocycles. The molecule has 0 unspecified atom stereocenters. The summed E-state index contributed by atoms with van der Waals surface area (Å²) in [6.45, 7) is 6.70. The van der Waals surface area contributed by atoms with Crippen molar-refractivity contribution >= 4 is 17.4 Å². The van der Waals surface area contributed by atoms with Gasteiger partial charge in [-0.2, -0.15) is 0 Å². The van der Waals surface area contributed by atoms with Crippen LogP contribution in [0, 0.1) is 20.8 Å². The number of anilines is 2. The summed E-state index contributed by atoms with van der Waals surface area (Å²) in [4.78, 5) is 12.3. The molecule has 0 spiro atoms. The van der Waals surface area contributed by atoms with Gasteiger partial charge in [-0.15, -0.1) is 10.2 Å². The molecule has 0 bridgehead atoms. The zero-order valence-corrected chi connectivity index (χ0v) is 15.2. The molecule has 2 N–H and O–H groups in total. The van der Waals surface area contributed by atoms with Crippen LogP contribution in [0.5, 0.6) is 0 Å². The van der Waals surface area contributed by atoms with E-state index in [1.165, 1.54) is 11.1 Å². The molecule has 0 aliphatic carbocycles.